The molecular weight excluding hydrogens is 420 g/mol. The fourth-order valence-electron chi connectivity index (χ4n) is 4.73. The quantitative estimate of drug-likeness (QED) is 0.439. The number of anilines is 2. The molecule has 6 rings (SSSR count). The van der Waals surface area contributed by atoms with E-state index in [-0.39, 0.29) is 11.9 Å². The fourth-order valence-corrected chi connectivity index (χ4v) is 6.06. The number of hydrogen-bond donors (Lipinski definition) is 3. The molecule has 32 heavy (non-hydrogen) atoms. The van der Waals surface area contributed by atoms with Crippen molar-refractivity contribution in [3.8, 4) is 0 Å². The van der Waals surface area contributed by atoms with Crippen LogP contribution in [0.5, 0.6) is 0 Å². The predicted molar refractivity (Wildman–Crippen MR) is 129 cm³/mol. The lowest BCUT2D eigenvalue weighted by Crippen LogP contribution is -2.31. The first kappa shape index (κ1) is 20.1. The highest BCUT2D eigenvalue weighted by Gasteiger charge is 2.33. The van der Waals surface area contributed by atoms with Crippen molar-refractivity contribution in [2.24, 2.45) is 11.8 Å². The molecule has 7 heteroatoms. The summed E-state index contributed by atoms with van der Waals surface area (Å²) in [5.41, 5.74) is 3.74. The molecule has 3 aliphatic carbocycles. The van der Waals surface area contributed by atoms with Gasteiger partial charge in [0.2, 0.25) is 0 Å². The summed E-state index contributed by atoms with van der Waals surface area (Å²) in [5.74, 6) is 1.50. The summed E-state index contributed by atoms with van der Waals surface area (Å²) in [6.07, 6.45) is 7.85. The second-order valence-corrected chi connectivity index (χ2v) is 10.8. The molecule has 3 aliphatic rings. The topological polar surface area (TPSA) is 79.2 Å². The van der Waals surface area contributed by atoms with Gasteiger partial charge in [0, 0.05) is 23.5 Å². The van der Waals surface area contributed by atoms with E-state index in [2.05, 4.69) is 27.9 Å². The summed E-state index contributed by atoms with van der Waals surface area (Å²) < 4.78 is 5.89. The van der Waals surface area contributed by atoms with Crippen molar-refractivity contribution in [1.82, 2.24) is 10.3 Å². The zero-order valence-electron chi connectivity index (χ0n) is 18.4. The van der Waals surface area contributed by atoms with Gasteiger partial charge in [0.15, 0.2) is 5.58 Å². The molecule has 1 amide bonds. The number of benzene rings is 1. The number of carbonyl (C=O) groups is 1. The summed E-state index contributed by atoms with van der Waals surface area (Å²) in [4.78, 5) is 19.2. The van der Waals surface area contributed by atoms with Crippen LogP contribution in [0.4, 0.5) is 11.0 Å². The molecule has 3 aromatic rings. The number of para-hydroxylation sites is 2. The third-order valence-electron chi connectivity index (χ3n) is 7.05. The molecule has 0 spiro atoms. The second kappa shape index (κ2) is 8.10. The predicted octanol–water partition coefficient (Wildman–Crippen LogP) is 5.21. The van der Waals surface area contributed by atoms with Gasteiger partial charge in [-0.25, -0.2) is 0 Å². The Balaban J connectivity index is 1.24. The van der Waals surface area contributed by atoms with Gasteiger partial charge in [0.25, 0.3) is 11.9 Å². The van der Waals surface area contributed by atoms with Crippen LogP contribution in [0.1, 0.15) is 59.8 Å². The first-order valence-electron chi connectivity index (χ1n) is 12.0. The maximum atomic E-state index is 13.3. The number of nitrogens with zero attached hydrogens (tertiary/aromatic N) is 1. The van der Waals surface area contributed by atoms with E-state index in [0.717, 1.165) is 53.4 Å². The number of amides is 1. The minimum atomic E-state index is 0.0856. The van der Waals surface area contributed by atoms with Gasteiger partial charge in [-0.2, -0.15) is 4.98 Å². The number of oxazole rings is 1. The van der Waals surface area contributed by atoms with Crippen molar-refractivity contribution in [3.05, 3.63) is 40.3 Å². The van der Waals surface area contributed by atoms with Gasteiger partial charge >= 0.3 is 0 Å². The number of carbonyl (C=O) groups excluding carboxylic acids is 1. The Morgan fingerprint density at radius 2 is 2.06 bits per heavy atom. The van der Waals surface area contributed by atoms with Crippen LogP contribution in [-0.4, -0.2) is 29.5 Å². The third kappa shape index (κ3) is 4.10. The summed E-state index contributed by atoms with van der Waals surface area (Å²) in [7, 11) is 0. The molecule has 0 saturated heterocycles. The Bertz CT molecular complexity index is 1110. The Labute approximate surface area is 192 Å². The fraction of sp³-hybridized carbons (Fsp3) is 0.520. The Kier molecular flexibility index (Phi) is 5.09. The number of thiophene rings is 1. The van der Waals surface area contributed by atoms with Crippen LogP contribution in [0.15, 0.2) is 28.7 Å². The van der Waals surface area contributed by atoms with E-state index < -0.39 is 0 Å². The molecule has 0 radical (unpaired) electrons. The Morgan fingerprint density at radius 1 is 1.22 bits per heavy atom. The van der Waals surface area contributed by atoms with Crippen LogP contribution in [0.25, 0.3) is 11.1 Å². The van der Waals surface area contributed by atoms with E-state index in [0.29, 0.717) is 18.0 Å². The van der Waals surface area contributed by atoms with Crippen LogP contribution < -0.4 is 16.0 Å². The highest BCUT2D eigenvalue weighted by Crippen LogP contribution is 2.41. The molecule has 2 saturated carbocycles. The van der Waals surface area contributed by atoms with Crippen molar-refractivity contribution < 1.29 is 9.21 Å². The monoisotopic (exact) mass is 450 g/mol. The lowest BCUT2D eigenvalue weighted by molar-refractivity contribution is 0.0952. The summed E-state index contributed by atoms with van der Waals surface area (Å²) in [6, 6.07) is 9.01. The van der Waals surface area contributed by atoms with Crippen LogP contribution in [0, 0.1) is 11.8 Å². The minimum absolute atomic E-state index is 0.0856. The van der Waals surface area contributed by atoms with E-state index in [1.807, 2.05) is 24.3 Å². The SMILES string of the molecule is CC(Nc1sc2c(c1C(=O)NCC1CC1)CC(Nc1nc3ccccc3o1)CC2)C1CC1. The van der Waals surface area contributed by atoms with Gasteiger partial charge in [-0.05, 0) is 81.4 Å². The van der Waals surface area contributed by atoms with Crippen molar-refractivity contribution in [1.29, 1.82) is 0 Å². The number of aryl methyl sites for hydroxylation is 1. The van der Waals surface area contributed by atoms with Crippen molar-refractivity contribution in [3.63, 3.8) is 0 Å². The zero-order chi connectivity index (χ0) is 21.7. The number of aromatic nitrogens is 1. The molecule has 1 aromatic carbocycles. The largest absolute Gasteiger partial charge is 0.424 e. The van der Waals surface area contributed by atoms with Gasteiger partial charge in [-0.15, -0.1) is 11.3 Å². The van der Waals surface area contributed by atoms with E-state index in [1.54, 1.807) is 11.3 Å². The Hall–Kier alpha value is -2.54. The number of nitrogens with one attached hydrogen (secondary N) is 3. The summed E-state index contributed by atoms with van der Waals surface area (Å²) >= 11 is 1.79. The zero-order valence-corrected chi connectivity index (χ0v) is 19.3. The number of fused-ring (bicyclic) bond motifs is 2. The minimum Gasteiger partial charge on any atom is -0.424 e. The first-order chi connectivity index (χ1) is 15.6. The maximum absolute atomic E-state index is 13.3. The first-order valence-corrected chi connectivity index (χ1v) is 12.8. The highest BCUT2D eigenvalue weighted by molar-refractivity contribution is 7.16. The van der Waals surface area contributed by atoms with Gasteiger partial charge in [-0.3, -0.25) is 4.79 Å². The molecule has 6 nitrogen and oxygen atoms in total. The third-order valence-corrected chi connectivity index (χ3v) is 8.27. The molecule has 0 aliphatic heterocycles. The maximum Gasteiger partial charge on any atom is 0.295 e. The summed E-state index contributed by atoms with van der Waals surface area (Å²) in [6.45, 7) is 3.05. The number of hydrogen-bond acceptors (Lipinski definition) is 6. The Morgan fingerprint density at radius 3 is 2.84 bits per heavy atom. The molecule has 2 unspecified atom stereocenters. The van der Waals surface area contributed by atoms with Crippen molar-refractivity contribution in [2.75, 3.05) is 17.2 Å². The molecule has 168 valence electrons. The molecule has 2 aromatic heterocycles. The van der Waals surface area contributed by atoms with Crippen LogP contribution in [0.2, 0.25) is 0 Å². The molecule has 2 fully saturated rings. The normalized spacial score (nSPS) is 21.2. The van der Waals surface area contributed by atoms with Crippen LogP contribution in [-0.2, 0) is 12.8 Å². The lowest BCUT2D eigenvalue weighted by atomic mass is 9.91. The average Bonchev–Trinajstić information content (AvgIpc) is 3.71. The van der Waals surface area contributed by atoms with Gasteiger partial charge < -0.3 is 20.4 Å². The second-order valence-electron chi connectivity index (χ2n) is 9.70. The standard InChI is InChI=1S/C25H30N4O2S/c1-14(16-8-9-16)27-24-22(23(30)26-13-15-6-7-15)18-12-17(10-11-21(18)32-24)28-25-29-19-4-2-3-5-20(19)31-25/h2-5,14-17,27H,6-13H2,1H3,(H,26,30)(H,28,29). The smallest absolute Gasteiger partial charge is 0.295 e. The molecule has 2 atom stereocenters. The highest BCUT2D eigenvalue weighted by atomic mass is 32.1. The van der Waals surface area contributed by atoms with Gasteiger partial charge in [-0.1, -0.05) is 12.1 Å². The van der Waals surface area contributed by atoms with E-state index in [4.69, 9.17) is 4.42 Å². The average molecular weight is 451 g/mol. The van der Waals surface area contributed by atoms with E-state index in [1.165, 1.54) is 36.1 Å². The van der Waals surface area contributed by atoms with Gasteiger partial charge in [0.1, 0.15) is 10.5 Å². The van der Waals surface area contributed by atoms with Gasteiger partial charge in [0.05, 0.1) is 5.56 Å². The van der Waals surface area contributed by atoms with Crippen LogP contribution in [0.3, 0.4) is 0 Å². The molecule has 3 N–H and O–H groups in total. The van der Waals surface area contributed by atoms with Crippen LogP contribution >= 0.6 is 11.3 Å². The van der Waals surface area contributed by atoms with E-state index >= 15 is 0 Å². The van der Waals surface area contributed by atoms with Crippen molar-refractivity contribution in [2.45, 2.75) is 64.0 Å². The van der Waals surface area contributed by atoms with E-state index in [9.17, 15) is 4.79 Å². The molecule has 0 bridgehead atoms. The van der Waals surface area contributed by atoms with Crippen molar-refractivity contribution >= 4 is 39.4 Å². The molecular formula is C25H30N4O2S. The lowest BCUT2D eigenvalue weighted by Gasteiger charge is -2.23. The summed E-state index contributed by atoms with van der Waals surface area (Å²) in [5, 5.41) is 11.5. The molecule has 2 heterocycles. The number of rotatable bonds is 8.